The van der Waals surface area contributed by atoms with Gasteiger partial charge in [-0.05, 0) is 18.6 Å². The molecule has 0 bridgehead atoms. The molecular formula is C25H43NO2. The zero-order chi connectivity index (χ0) is 20.3. The molecule has 3 nitrogen and oxygen atoms in total. The van der Waals surface area contributed by atoms with Gasteiger partial charge in [-0.15, -0.1) is 0 Å². The lowest BCUT2D eigenvalue weighted by Gasteiger charge is -2.03. The average molecular weight is 390 g/mol. The van der Waals surface area contributed by atoms with Crippen molar-refractivity contribution in [2.45, 2.75) is 110 Å². The number of aliphatic imine (C=N–C) groups is 1. The van der Waals surface area contributed by atoms with Gasteiger partial charge in [0.1, 0.15) is 11.5 Å². The highest BCUT2D eigenvalue weighted by atomic mass is 16.3. The van der Waals surface area contributed by atoms with E-state index >= 15 is 0 Å². The van der Waals surface area contributed by atoms with Crippen LogP contribution in [-0.2, 0) is 0 Å². The van der Waals surface area contributed by atoms with Crippen molar-refractivity contribution in [3.8, 4) is 11.5 Å². The van der Waals surface area contributed by atoms with Crippen LogP contribution in [-0.4, -0.2) is 23.0 Å². The van der Waals surface area contributed by atoms with Gasteiger partial charge in [-0.1, -0.05) is 103 Å². The van der Waals surface area contributed by atoms with Crippen LogP contribution in [0, 0.1) is 0 Å². The summed E-state index contributed by atoms with van der Waals surface area (Å²) < 4.78 is 0. The van der Waals surface area contributed by atoms with Crippen molar-refractivity contribution in [2.24, 2.45) is 4.99 Å². The summed E-state index contributed by atoms with van der Waals surface area (Å²) in [4.78, 5) is 4.37. The van der Waals surface area contributed by atoms with Crippen molar-refractivity contribution >= 4 is 6.21 Å². The summed E-state index contributed by atoms with van der Waals surface area (Å²) in [5.74, 6) is 0.156. The molecule has 0 heterocycles. The molecule has 0 unspecified atom stereocenters. The Morgan fingerprint density at radius 3 is 1.61 bits per heavy atom. The molecule has 0 saturated heterocycles. The number of unbranched alkanes of at least 4 members (excludes halogenated alkanes) is 15. The van der Waals surface area contributed by atoms with E-state index in [2.05, 4.69) is 11.9 Å². The molecule has 0 spiro atoms. The first-order valence-corrected chi connectivity index (χ1v) is 11.8. The first-order chi connectivity index (χ1) is 13.7. The number of hydrogen-bond acceptors (Lipinski definition) is 3. The lowest BCUT2D eigenvalue weighted by Crippen LogP contribution is -1.87. The molecule has 0 saturated carbocycles. The summed E-state index contributed by atoms with van der Waals surface area (Å²) in [7, 11) is 0. The number of nitrogens with zero attached hydrogens (tertiary/aromatic N) is 1. The molecule has 0 aliphatic heterocycles. The van der Waals surface area contributed by atoms with Crippen LogP contribution in [0.15, 0.2) is 23.2 Å². The second-order valence-corrected chi connectivity index (χ2v) is 8.08. The van der Waals surface area contributed by atoms with Crippen LogP contribution in [0.3, 0.4) is 0 Å². The van der Waals surface area contributed by atoms with E-state index in [1.54, 1.807) is 18.3 Å². The van der Waals surface area contributed by atoms with Gasteiger partial charge < -0.3 is 10.2 Å². The number of hydrogen-bond donors (Lipinski definition) is 2. The quantitative estimate of drug-likeness (QED) is 0.199. The first-order valence-electron chi connectivity index (χ1n) is 11.8. The maximum absolute atomic E-state index is 9.68. The van der Waals surface area contributed by atoms with E-state index in [0.29, 0.717) is 5.56 Å². The zero-order valence-electron chi connectivity index (χ0n) is 18.2. The summed E-state index contributed by atoms with van der Waals surface area (Å²) >= 11 is 0. The Labute approximate surface area is 173 Å². The van der Waals surface area contributed by atoms with Gasteiger partial charge in [0.2, 0.25) is 0 Å². The van der Waals surface area contributed by atoms with E-state index in [1.165, 1.54) is 102 Å². The second-order valence-electron chi connectivity index (χ2n) is 8.08. The Hall–Kier alpha value is -1.51. The Bertz CT molecular complexity index is 513. The number of phenols is 2. The molecule has 160 valence electrons. The van der Waals surface area contributed by atoms with Crippen LogP contribution in [0.5, 0.6) is 11.5 Å². The van der Waals surface area contributed by atoms with Crippen molar-refractivity contribution in [3.05, 3.63) is 23.8 Å². The minimum Gasteiger partial charge on any atom is -0.508 e. The first kappa shape index (κ1) is 24.5. The maximum Gasteiger partial charge on any atom is 0.128 e. The topological polar surface area (TPSA) is 52.8 Å². The average Bonchev–Trinajstić information content (AvgIpc) is 2.68. The summed E-state index contributed by atoms with van der Waals surface area (Å²) in [5.41, 5.74) is 0.661. The van der Waals surface area contributed by atoms with Gasteiger partial charge >= 0.3 is 0 Å². The largest absolute Gasteiger partial charge is 0.508 e. The molecular weight excluding hydrogens is 346 g/mol. The number of phenolic OH excluding ortho intramolecular Hbond substituents is 2. The van der Waals surface area contributed by atoms with E-state index < -0.39 is 0 Å². The normalized spacial score (nSPS) is 11.5. The standard InChI is InChI=1S/C25H43NO2/c1-2-3-4-5-6-7-8-9-10-11-12-13-14-15-16-17-20-26-22-23-18-19-24(27)21-25(23)28/h18-19,21-22,27-28H,2-17,20H2,1H3/b26-22+. The lowest BCUT2D eigenvalue weighted by molar-refractivity contribution is 0.450. The Morgan fingerprint density at radius 1 is 0.679 bits per heavy atom. The third-order valence-electron chi connectivity index (χ3n) is 5.39. The summed E-state index contributed by atoms with van der Waals surface area (Å²) in [5, 5.41) is 18.9. The molecule has 0 radical (unpaired) electrons. The Balaban J connectivity index is 1.81. The van der Waals surface area contributed by atoms with Gasteiger partial charge in [0.25, 0.3) is 0 Å². The SMILES string of the molecule is CCCCCCCCCCCCCCCCCC/N=C/c1ccc(O)cc1O. The fourth-order valence-corrected chi connectivity index (χ4v) is 3.56. The van der Waals surface area contributed by atoms with Crippen LogP contribution in [0.1, 0.15) is 115 Å². The van der Waals surface area contributed by atoms with Crippen molar-refractivity contribution in [2.75, 3.05) is 6.54 Å². The van der Waals surface area contributed by atoms with Crippen LogP contribution in [0.4, 0.5) is 0 Å². The molecule has 2 N–H and O–H groups in total. The highest BCUT2D eigenvalue weighted by Gasteiger charge is 1.98. The van der Waals surface area contributed by atoms with Crippen LogP contribution in [0.25, 0.3) is 0 Å². The van der Waals surface area contributed by atoms with Gasteiger partial charge in [0.05, 0.1) is 0 Å². The number of aromatic hydroxyl groups is 2. The van der Waals surface area contributed by atoms with Crippen LogP contribution in [0.2, 0.25) is 0 Å². The third-order valence-corrected chi connectivity index (χ3v) is 5.39. The van der Waals surface area contributed by atoms with E-state index in [0.717, 1.165) is 13.0 Å². The van der Waals surface area contributed by atoms with E-state index in [-0.39, 0.29) is 11.5 Å². The van der Waals surface area contributed by atoms with Gasteiger partial charge in [0.15, 0.2) is 0 Å². The minimum atomic E-state index is 0.0763. The molecule has 0 atom stereocenters. The molecule has 1 rings (SSSR count). The van der Waals surface area contributed by atoms with Gasteiger partial charge in [0, 0.05) is 24.4 Å². The molecule has 0 aliphatic rings. The molecule has 1 aromatic rings. The Morgan fingerprint density at radius 2 is 1.14 bits per heavy atom. The van der Waals surface area contributed by atoms with Crippen molar-refractivity contribution in [3.63, 3.8) is 0 Å². The molecule has 0 aromatic heterocycles. The highest BCUT2D eigenvalue weighted by molar-refractivity contribution is 5.83. The predicted molar refractivity (Wildman–Crippen MR) is 122 cm³/mol. The second kappa shape index (κ2) is 17.6. The van der Waals surface area contributed by atoms with Crippen molar-refractivity contribution < 1.29 is 10.2 Å². The zero-order valence-corrected chi connectivity index (χ0v) is 18.2. The fraction of sp³-hybridized carbons (Fsp3) is 0.720. The van der Waals surface area contributed by atoms with Crippen molar-refractivity contribution in [1.29, 1.82) is 0 Å². The molecule has 1 aromatic carbocycles. The molecule has 3 heteroatoms. The fourth-order valence-electron chi connectivity index (χ4n) is 3.56. The molecule has 0 aliphatic carbocycles. The van der Waals surface area contributed by atoms with Crippen LogP contribution < -0.4 is 0 Å². The van der Waals surface area contributed by atoms with Gasteiger partial charge in [-0.3, -0.25) is 4.99 Å². The van der Waals surface area contributed by atoms with Crippen LogP contribution >= 0.6 is 0 Å². The molecule has 0 amide bonds. The van der Waals surface area contributed by atoms with E-state index in [9.17, 15) is 10.2 Å². The maximum atomic E-state index is 9.68. The van der Waals surface area contributed by atoms with E-state index in [1.807, 2.05) is 0 Å². The van der Waals surface area contributed by atoms with E-state index in [4.69, 9.17) is 0 Å². The summed E-state index contributed by atoms with van der Waals surface area (Å²) in [6.07, 6.45) is 23.7. The minimum absolute atomic E-state index is 0.0763. The number of benzene rings is 1. The Kier molecular flexibility index (Phi) is 15.4. The third kappa shape index (κ3) is 13.6. The predicted octanol–water partition coefficient (Wildman–Crippen LogP) is 7.78. The molecule has 0 fully saturated rings. The van der Waals surface area contributed by atoms with Gasteiger partial charge in [-0.25, -0.2) is 0 Å². The lowest BCUT2D eigenvalue weighted by atomic mass is 10.0. The summed E-state index contributed by atoms with van der Waals surface area (Å²) in [6, 6.07) is 4.59. The molecule has 28 heavy (non-hydrogen) atoms. The monoisotopic (exact) mass is 389 g/mol. The summed E-state index contributed by atoms with van der Waals surface area (Å²) in [6.45, 7) is 3.09. The highest BCUT2D eigenvalue weighted by Crippen LogP contribution is 2.21. The van der Waals surface area contributed by atoms with Gasteiger partial charge in [-0.2, -0.15) is 0 Å². The number of rotatable bonds is 18. The van der Waals surface area contributed by atoms with Crippen molar-refractivity contribution in [1.82, 2.24) is 0 Å². The smallest absolute Gasteiger partial charge is 0.128 e.